The maximum absolute atomic E-state index is 6.27. The largest absolute Gasteiger partial charge is 0.371 e. The Morgan fingerprint density at radius 2 is 2.06 bits per heavy atom. The number of likely N-dealkylation sites (N-methyl/N-ethyl adjacent to an activating group) is 1. The number of likely N-dealkylation sites (tertiary alicyclic amines) is 1. The fraction of sp³-hybridized carbons (Fsp3) is 0.714. The molecule has 0 aromatic carbocycles. The highest BCUT2D eigenvalue weighted by Gasteiger charge is 2.33. The van der Waals surface area contributed by atoms with Gasteiger partial charge in [-0.15, -0.1) is 0 Å². The van der Waals surface area contributed by atoms with Crippen LogP contribution in [0.5, 0.6) is 0 Å². The van der Waals surface area contributed by atoms with E-state index < -0.39 is 0 Å². The first kappa shape index (κ1) is 13.4. The van der Waals surface area contributed by atoms with Gasteiger partial charge in [-0.2, -0.15) is 0 Å². The van der Waals surface area contributed by atoms with Crippen molar-refractivity contribution in [3.63, 3.8) is 0 Å². The Morgan fingerprint density at radius 3 is 2.50 bits per heavy atom. The average Bonchev–Trinajstić information content (AvgIpc) is 2.22. The number of allylic oxidation sites excluding steroid dienone is 2. The minimum absolute atomic E-state index is 0.149. The van der Waals surface area contributed by atoms with Crippen LogP contribution < -0.4 is 0 Å². The summed E-state index contributed by atoms with van der Waals surface area (Å²) >= 11 is 0. The lowest BCUT2D eigenvalue weighted by Crippen LogP contribution is -2.34. The van der Waals surface area contributed by atoms with Crippen molar-refractivity contribution in [2.24, 2.45) is 5.41 Å². The molecule has 0 N–H and O–H groups in total. The highest BCUT2D eigenvalue weighted by molar-refractivity contribution is 6.12. The predicted molar refractivity (Wildman–Crippen MR) is 72.7 cm³/mol. The third-order valence-electron chi connectivity index (χ3n) is 3.57. The minimum atomic E-state index is 0.149. The summed E-state index contributed by atoms with van der Waals surface area (Å²) in [6, 6.07) is 0. The minimum Gasteiger partial charge on any atom is -0.371 e. The SMILES string of the molecule is [B]C1CC(=C)C(=C(C)C)N(CC)CC1(C)C. The van der Waals surface area contributed by atoms with Crippen molar-refractivity contribution in [1.29, 1.82) is 0 Å². The van der Waals surface area contributed by atoms with E-state index in [1.54, 1.807) is 0 Å². The van der Waals surface area contributed by atoms with Gasteiger partial charge < -0.3 is 4.90 Å². The molecule has 2 radical (unpaired) electrons. The van der Waals surface area contributed by atoms with Gasteiger partial charge in [0.15, 0.2) is 0 Å². The van der Waals surface area contributed by atoms with Crippen molar-refractivity contribution in [3.05, 3.63) is 23.4 Å². The summed E-state index contributed by atoms with van der Waals surface area (Å²) in [6.07, 6.45) is 0.907. The summed E-state index contributed by atoms with van der Waals surface area (Å²) in [4.78, 5) is 2.42. The lowest BCUT2D eigenvalue weighted by atomic mass is 9.65. The summed E-state index contributed by atoms with van der Waals surface area (Å²) in [5, 5.41) is 0. The van der Waals surface area contributed by atoms with Crippen molar-refractivity contribution in [3.8, 4) is 0 Å². The van der Waals surface area contributed by atoms with Crippen LogP contribution in [0.2, 0.25) is 5.82 Å². The number of nitrogens with zero attached hydrogens (tertiary/aromatic N) is 1. The first-order chi connectivity index (χ1) is 7.29. The van der Waals surface area contributed by atoms with Crippen molar-refractivity contribution in [2.75, 3.05) is 13.1 Å². The van der Waals surface area contributed by atoms with E-state index in [2.05, 4.69) is 46.1 Å². The topological polar surface area (TPSA) is 3.24 Å². The van der Waals surface area contributed by atoms with Gasteiger partial charge in [0.25, 0.3) is 0 Å². The summed E-state index contributed by atoms with van der Waals surface area (Å²) in [5.41, 5.74) is 4.01. The molecule has 1 aliphatic rings. The molecule has 1 nitrogen and oxygen atoms in total. The molecule has 88 valence electrons. The smallest absolute Gasteiger partial charge is 0.0712 e. The van der Waals surface area contributed by atoms with Gasteiger partial charge in [0.2, 0.25) is 0 Å². The van der Waals surface area contributed by atoms with Crippen LogP contribution in [0.25, 0.3) is 0 Å². The Morgan fingerprint density at radius 1 is 1.50 bits per heavy atom. The quantitative estimate of drug-likeness (QED) is 0.607. The van der Waals surface area contributed by atoms with Crippen molar-refractivity contribution in [2.45, 2.75) is 46.9 Å². The molecular formula is C14H24BN. The van der Waals surface area contributed by atoms with E-state index in [4.69, 9.17) is 7.85 Å². The molecule has 1 heterocycles. The molecule has 0 aliphatic carbocycles. The van der Waals surface area contributed by atoms with Crippen LogP contribution in [0, 0.1) is 5.41 Å². The van der Waals surface area contributed by atoms with Gasteiger partial charge in [-0.3, -0.25) is 0 Å². The average molecular weight is 217 g/mol. The Hall–Kier alpha value is -0.655. The van der Waals surface area contributed by atoms with Gasteiger partial charge in [0, 0.05) is 18.8 Å². The molecule has 1 aliphatic heterocycles. The second-order valence-electron chi connectivity index (χ2n) is 5.77. The van der Waals surface area contributed by atoms with E-state index in [1.807, 2.05) is 0 Å². The summed E-state index contributed by atoms with van der Waals surface area (Å²) in [6.45, 7) is 17.3. The second-order valence-corrected chi connectivity index (χ2v) is 5.77. The van der Waals surface area contributed by atoms with Crippen molar-refractivity contribution in [1.82, 2.24) is 4.90 Å². The van der Waals surface area contributed by atoms with E-state index in [0.29, 0.717) is 0 Å². The summed E-state index contributed by atoms with van der Waals surface area (Å²) < 4.78 is 0. The van der Waals surface area contributed by atoms with E-state index in [9.17, 15) is 0 Å². The zero-order valence-electron chi connectivity index (χ0n) is 11.4. The van der Waals surface area contributed by atoms with Crippen LogP contribution in [0.3, 0.4) is 0 Å². The Bertz CT molecular complexity index is 311. The third-order valence-corrected chi connectivity index (χ3v) is 3.57. The fourth-order valence-corrected chi connectivity index (χ4v) is 2.49. The van der Waals surface area contributed by atoms with Gasteiger partial charge in [-0.25, -0.2) is 0 Å². The molecule has 1 saturated heterocycles. The molecule has 0 amide bonds. The zero-order chi connectivity index (χ0) is 12.5. The van der Waals surface area contributed by atoms with E-state index in [-0.39, 0.29) is 11.2 Å². The fourth-order valence-electron chi connectivity index (χ4n) is 2.49. The van der Waals surface area contributed by atoms with E-state index >= 15 is 0 Å². The van der Waals surface area contributed by atoms with Crippen molar-refractivity contribution < 1.29 is 0 Å². The molecular weight excluding hydrogens is 193 g/mol. The number of hydrogen-bond acceptors (Lipinski definition) is 1. The third kappa shape index (κ3) is 2.53. The molecule has 1 fully saturated rings. The Kier molecular flexibility index (Phi) is 3.93. The van der Waals surface area contributed by atoms with Crippen LogP contribution in [-0.4, -0.2) is 25.8 Å². The van der Waals surface area contributed by atoms with Gasteiger partial charge >= 0.3 is 0 Å². The standard InChI is InChI=1S/C14H24BN/c1-7-16-9-14(5,6)12(15)8-11(4)13(16)10(2)3/h12H,4,7-9H2,1-3,5-6H3. The molecule has 0 aromatic rings. The lowest BCUT2D eigenvalue weighted by Gasteiger charge is -2.35. The van der Waals surface area contributed by atoms with Gasteiger partial charge in [-0.05, 0) is 38.2 Å². The number of rotatable bonds is 1. The van der Waals surface area contributed by atoms with Crippen LogP contribution in [0.1, 0.15) is 41.0 Å². The molecule has 0 spiro atoms. The van der Waals surface area contributed by atoms with E-state index in [1.165, 1.54) is 16.8 Å². The Labute approximate surface area is 102 Å². The molecule has 0 aromatic heterocycles. The van der Waals surface area contributed by atoms with Gasteiger partial charge in [0.05, 0.1) is 7.85 Å². The van der Waals surface area contributed by atoms with Gasteiger partial charge in [-0.1, -0.05) is 31.8 Å². The molecule has 2 heteroatoms. The zero-order valence-corrected chi connectivity index (χ0v) is 11.4. The second kappa shape index (κ2) is 4.69. The number of hydrogen-bond donors (Lipinski definition) is 0. The van der Waals surface area contributed by atoms with Gasteiger partial charge in [0.1, 0.15) is 0 Å². The summed E-state index contributed by atoms with van der Waals surface area (Å²) in [5.74, 6) is 0.200. The monoisotopic (exact) mass is 217 g/mol. The summed E-state index contributed by atoms with van der Waals surface area (Å²) in [7, 11) is 6.27. The predicted octanol–water partition coefficient (Wildman–Crippen LogP) is 3.55. The lowest BCUT2D eigenvalue weighted by molar-refractivity contribution is 0.230. The Balaban J connectivity index is 3.15. The molecule has 0 bridgehead atoms. The van der Waals surface area contributed by atoms with Crippen LogP contribution in [0.15, 0.2) is 23.4 Å². The molecule has 16 heavy (non-hydrogen) atoms. The molecule has 1 unspecified atom stereocenters. The first-order valence-electron chi connectivity index (χ1n) is 6.15. The van der Waals surface area contributed by atoms with Crippen LogP contribution in [0.4, 0.5) is 0 Å². The first-order valence-corrected chi connectivity index (χ1v) is 6.15. The molecule has 0 saturated carbocycles. The van der Waals surface area contributed by atoms with E-state index in [0.717, 1.165) is 19.5 Å². The maximum Gasteiger partial charge on any atom is 0.0712 e. The highest BCUT2D eigenvalue weighted by atomic mass is 15.1. The molecule has 1 rings (SSSR count). The van der Waals surface area contributed by atoms with Crippen LogP contribution in [-0.2, 0) is 0 Å². The van der Waals surface area contributed by atoms with Crippen LogP contribution >= 0.6 is 0 Å². The highest BCUT2D eigenvalue weighted by Crippen LogP contribution is 2.41. The van der Waals surface area contributed by atoms with Crippen molar-refractivity contribution >= 4 is 7.85 Å². The molecule has 1 atom stereocenters. The normalized spacial score (nSPS) is 25.6. The maximum atomic E-state index is 6.27.